The lowest BCUT2D eigenvalue weighted by molar-refractivity contribution is 0.952. The fourth-order valence-corrected chi connectivity index (χ4v) is 2.56. The molecule has 104 valence electrons. The highest BCUT2D eigenvalue weighted by Gasteiger charge is 2.07. The molecule has 2 nitrogen and oxygen atoms in total. The fourth-order valence-electron chi connectivity index (χ4n) is 2.35. The van der Waals surface area contributed by atoms with E-state index < -0.39 is 0 Å². The summed E-state index contributed by atoms with van der Waals surface area (Å²) in [7, 11) is 0. The number of aromatic nitrogens is 2. The zero-order valence-electron chi connectivity index (χ0n) is 11.8. The third kappa shape index (κ3) is 3.09. The van der Waals surface area contributed by atoms with Crippen LogP contribution in [0.1, 0.15) is 17.0 Å². The van der Waals surface area contributed by atoms with E-state index >= 15 is 0 Å². The third-order valence-corrected chi connectivity index (χ3v) is 3.88. The number of benzene rings is 2. The summed E-state index contributed by atoms with van der Waals surface area (Å²) in [5.41, 5.74) is 4.44. The van der Waals surface area contributed by atoms with E-state index in [1.54, 1.807) is 0 Å². The van der Waals surface area contributed by atoms with Crippen molar-refractivity contribution in [3.63, 3.8) is 0 Å². The minimum Gasteiger partial charge on any atom is -0.343 e. The maximum atomic E-state index is 5.41. The summed E-state index contributed by atoms with van der Waals surface area (Å²) in [5.74, 6) is 0.899. The second kappa shape index (κ2) is 6.02. The third-order valence-electron chi connectivity index (χ3n) is 3.48. The summed E-state index contributed by atoms with van der Waals surface area (Å²) in [5, 5.41) is 0. The molecule has 0 aliphatic carbocycles. The minimum absolute atomic E-state index is 0.665. The van der Waals surface area contributed by atoms with Gasteiger partial charge < -0.3 is 4.98 Å². The van der Waals surface area contributed by atoms with Crippen LogP contribution in [0.25, 0.3) is 11.3 Å². The van der Waals surface area contributed by atoms with Gasteiger partial charge in [-0.05, 0) is 18.1 Å². The Hall–Kier alpha value is -2.26. The van der Waals surface area contributed by atoms with Gasteiger partial charge >= 0.3 is 0 Å². The highest BCUT2D eigenvalue weighted by atomic mass is 32.1. The van der Waals surface area contributed by atoms with Crippen LogP contribution in [-0.2, 0) is 6.42 Å². The Labute approximate surface area is 129 Å². The van der Waals surface area contributed by atoms with Gasteiger partial charge in [-0.1, -0.05) is 72.9 Å². The summed E-state index contributed by atoms with van der Waals surface area (Å²) in [6, 6.07) is 20.5. The van der Waals surface area contributed by atoms with Crippen LogP contribution in [0.5, 0.6) is 0 Å². The van der Waals surface area contributed by atoms with Gasteiger partial charge in [0.2, 0.25) is 0 Å². The number of hydrogen-bond donors (Lipinski definition) is 1. The van der Waals surface area contributed by atoms with Gasteiger partial charge in [-0.2, -0.15) is 0 Å². The van der Waals surface area contributed by atoms with Crippen LogP contribution in [0.3, 0.4) is 0 Å². The predicted octanol–water partition coefficient (Wildman–Crippen LogP) is 4.71. The van der Waals surface area contributed by atoms with Gasteiger partial charge in [0.05, 0.1) is 5.69 Å². The molecule has 21 heavy (non-hydrogen) atoms. The van der Waals surface area contributed by atoms with Gasteiger partial charge in [-0.25, -0.2) is 4.98 Å². The van der Waals surface area contributed by atoms with Crippen LogP contribution in [0, 0.1) is 11.6 Å². The Morgan fingerprint density at radius 3 is 2.24 bits per heavy atom. The molecule has 0 aliphatic rings. The molecule has 3 heteroatoms. The second-order valence-corrected chi connectivity index (χ2v) is 5.40. The quantitative estimate of drug-likeness (QED) is 0.708. The highest BCUT2D eigenvalue weighted by molar-refractivity contribution is 7.71. The van der Waals surface area contributed by atoms with E-state index in [0.29, 0.717) is 4.64 Å². The van der Waals surface area contributed by atoms with E-state index in [2.05, 4.69) is 34.2 Å². The molecule has 0 unspecified atom stereocenters. The molecule has 0 atom stereocenters. The van der Waals surface area contributed by atoms with E-state index in [1.807, 2.05) is 43.3 Å². The molecule has 0 bridgehead atoms. The molecule has 0 amide bonds. The Bertz CT molecular complexity index is 792. The lowest BCUT2D eigenvalue weighted by atomic mass is 10.1. The number of H-pyrrole nitrogens is 1. The zero-order valence-corrected chi connectivity index (χ0v) is 12.7. The van der Waals surface area contributed by atoms with Crippen molar-refractivity contribution in [1.82, 2.24) is 9.97 Å². The topological polar surface area (TPSA) is 28.7 Å². The smallest absolute Gasteiger partial charge is 0.133 e. The molecule has 0 saturated carbocycles. The predicted molar refractivity (Wildman–Crippen MR) is 88.8 cm³/mol. The minimum atomic E-state index is 0.665. The van der Waals surface area contributed by atoms with Crippen molar-refractivity contribution in [2.45, 2.75) is 13.3 Å². The van der Waals surface area contributed by atoms with E-state index in [9.17, 15) is 0 Å². The molecule has 0 spiro atoms. The first-order valence-corrected chi connectivity index (χ1v) is 7.34. The number of hydrogen-bond acceptors (Lipinski definition) is 2. The summed E-state index contributed by atoms with van der Waals surface area (Å²) in [6.07, 6.45) is 0.755. The molecule has 0 saturated heterocycles. The monoisotopic (exact) mass is 292 g/mol. The van der Waals surface area contributed by atoms with Gasteiger partial charge in [-0.3, -0.25) is 0 Å². The van der Waals surface area contributed by atoms with Gasteiger partial charge in [0.25, 0.3) is 0 Å². The molecule has 0 fully saturated rings. The maximum Gasteiger partial charge on any atom is 0.133 e. The van der Waals surface area contributed by atoms with Gasteiger partial charge in [0.15, 0.2) is 0 Å². The first kappa shape index (κ1) is 13.7. The average Bonchev–Trinajstić information content (AvgIpc) is 2.52. The van der Waals surface area contributed by atoms with Crippen LogP contribution in [0.15, 0.2) is 60.7 Å². The SMILES string of the molecule is Cc1c(-c2ccccc2)[nH]c(Cc2ccccc2)nc1=S. The van der Waals surface area contributed by atoms with Crippen molar-refractivity contribution in [3.05, 3.63) is 82.3 Å². The van der Waals surface area contributed by atoms with E-state index in [-0.39, 0.29) is 0 Å². The lowest BCUT2D eigenvalue weighted by Crippen LogP contribution is -2.01. The molecular weight excluding hydrogens is 276 g/mol. The lowest BCUT2D eigenvalue weighted by Gasteiger charge is -2.10. The van der Waals surface area contributed by atoms with Gasteiger partial charge in [0.1, 0.15) is 10.5 Å². The van der Waals surface area contributed by atoms with Crippen molar-refractivity contribution in [2.75, 3.05) is 0 Å². The van der Waals surface area contributed by atoms with E-state index in [0.717, 1.165) is 29.1 Å². The molecule has 2 aromatic carbocycles. The standard InChI is InChI=1S/C18H16N2S/c1-13-17(15-10-6-3-7-11-15)19-16(20-18(13)21)12-14-8-4-2-5-9-14/h2-11H,12H2,1H3,(H,19,20,21). The largest absolute Gasteiger partial charge is 0.343 e. The summed E-state index contributed by atoms with van der Waals surface area (Å²) >= 11 is 5.41. The highest BCUT2D eigenvalue weighted by Crippen LogP contribution is 2.21. The fraction of sp³-hybridized carbons (Fsp3) is 0.111. The number of aromatic amines is 1. The molecule has 1 heterocycles. The van der Waals surface area contributed by atoms with Crippen LogP contribution in [0.2, 0.25) is 0 Å². The van der Waals surface area contributed by atoms with Crippen molar-refractivity contribution in [3.8, 4) is 11.3 Å². The number of nitrogens with zero attached hydrogens (tertiary/aromatic N) is 1. The van der Waals surface area contributed by atoms with E-state index in [1.165, 1.54) is 5.56 Å². The first-order chi connectivity index (χ1) is 10.2. The summed E-state index contributed by atoms with van der Waals surface area (Å²) in [4.78, 5) is 7.95. The van der Waals surface area contributed by atoms with Crippen LogP contribution in [0.4, 0.5) is 0 Å². The Kier molecular flexibility index (Phi) is 3.93. The molecular formula is C18H16N2S. The molecule has 1 N–H and O–H groups in total. The molecule has 3 rings (SSSR count). The van der Waals surface area contributed by atoms with Crippen molar-refractivity contribution in [2.24, 2.45) is 0 Å². The van der Waals surface area contributed by atoms with Gasteiger partial charge in [0, 0.05) is 12.0 Å². The van der Waals surface area contributed by atoms with Crippen LogP contribution < -0.4 is 0 Å². The average molecular weight is 292 g/mol. The van der Waals surface area contributed by atoms with Crippen LogP contribution in [-0.4, -0.2) is 9.97 Å². The van der Waals surface area contributed by atoms with E-state index in [4.69, 9.17) is 12.2 Å². The van der Waals surface area contributed by atoms with Crippen molar-refractivity contribution in [1.29, 1.82) is 0 Å². The molecule has 0 aliphatic heterocycles. The maximum absolute atomic E-state index is 5.41. The second-order valence-electron chi connectivity index (χ2n) is 5.02. The van der Waals surface area contributed by atoms with Crippen LogP contribution >= 0.6 is 12.2 Å². The summed E-state index contributed by atoms with van der Waals surface area (Å²) < 4.78 is 0.665. The Morgan fingerprint density at radius 2 is 1.57 bits per heavy atom. The number of nitrogens with one attached hydrogen (secondary N) is 1. The molecule has 3 aromatic rings. The molecule has 0 radical (unpaired) electrons. The van der Waals surface area contributed by atoms with Crippen molar-refractivity contribution < 1.29 is 0 Å². The summed E-state index contributed by atoms with van der Waals surface area (Å²) in [6.45, 7) is 2.01. The first-order valence-electron chi connectivity index (χ1n) is 6.93. The zero-order chi connectivity index (χ0) is 14.7. The Balaban J connectivity index is 2.04. The molecule has 1 aromatic heterocycles. The van der Waals surface area contributed by atoms with Gasteiger partial charge in [-0.15, -0.1) is 0 Å². The Morgan fingerprint density at radius 1 is 0.952 bits per heavy atom. The van der Waals surface area contributed by atoms with Crippen molar-refractivity contribution >= 4 is 12.2 Å². The number of rotatable bonds is 3. The normalized spacial score (nSPS) is 10.5.